The molecule has 134 valence electrons. The van der Waals surface area contributed by atoms with E-state index in [1.165, 1.54) is 13.0 Å². The number of rotatable bonds is 6. The zero-order chi connectivity index (χ0) is 17.7. The Morgan fingerprint density at radius 3 is 2.83 bits per heavy atom. The van der Waals surface area contributed by atoms with E-state index in [4.69, 9.17) is 0 Å². The van der Waals surface area contributed by atoms with Gasteiger partial charge >= 0.3 is 0 Å². The van der Waals surface area contributed by atoms with Gasteiger partial charge in [0.2, 0.25) is 11.8 Å². The number of thiophene rings is 1. The molecule has 10 heteroatoms. The van der Waals surface area contributed by atoms with Crippen molar-refractivity contribution in [3.8, 4) is 0 Å². The molecular weight excluding hydrogens is 352 g/mol. The van der Waals surface area contributed by atoms with Crippen LogP contribution in [0.1, 0.15) is 18.7 Å². The van der Waals surface area contributed by atoms with Gasteiger partial charge in [-0.3, -0.25) is 9.59 Å². The van der Waals surface area contributed by atoms with Crippen molar-refractivity contribution in [3.05, 3.63) is 17.0 Å². The minimum atomic E-state index is -3.74. The molecule has 1 aliphatic rings. The number of hydrogen-bond donors (Lipinski definition) is 3. The number of piperazine rings is 1. The molecule has 8 nitrogen and oxygen atoms in total. The van der Waals surface area contributed by atoms with Gasteiger partial charge in [0.25, 0.3) is 10.0 Å². The largest absolute Gasteiger partial charge is 0.351 e. The second kappa shape index (κ2) is 8.06. The molecule has 1 aromatic rings. The molecule has 1 aromatic heterocycles. The zero-order valence-corrected chi connectivity index (χ0v) is 15.3. The van der Waals surface area contributed by atoms with Crippen molar-refractivity contribution in [2.24, 2.45) is 0 Å². The van der Waals surface area contributed by atoms with Gasteiger partial charge in [-0.2, -0.15) is 0 Å². The molecule has 24 heavy (non-hydrogen) atoms. The summed E-state index contributed by atoms with van der Waals surface area (Å²) < 4.78 is 27.0. The molecule has 2 amide bonds. The monoisotopic (exact) mass is 374 g/mol. The quantitative estimate of drug-likeness (QED) is 0.621. The second-order valence-corrected chi connectivity index (χ2v) is 8.76. The number of carbonyl (C=O) groups is 2. The lowest BCUT2D eigenvalue weighted by Crippen LogP contribution is -2.54. The Morgan fingerprint density at radius 2 is 2.17 bits per heavy atom. The Morgan fingerprint density at radius 1 is 1.42 bits per heavy atom. The van der Waals surface area contributed by atoms with Crippen molar-refractivity contribution >= 4 is 33.2 Å². The molecule has 1 fully saturated rings. The second-order valence-electron chi connectivity index (χ2n) is 5.60. The Kier molecular flexibility index (Phi) is 6.33. The maximum atomic E-state index is 12.3. The maximum absolute atomic E-state index is 12.3. The van der Waals surface area contributed by atoms with E-state index in [1.807, 2.05) is 6.92 Å². The molecule has 0 saturated carbocycles. The fourth-order valence-electron chi connectivity index (χ4n) is 2.35. The van der Waals surface area contributed by atoms with Crippen LogP contribution in [0.25, 0.3) is 0 Å². The third kappa shape index (κ3) is 5.00. The molecule has 1 saturated heterocycles. The van der Waals surface area contributed by atoms with Gasteiger partial charge in [0.15, 0.2) is 0 Å². The lowest BCUT2D eigenvalue weighted by molar-refractivity contribution is -0.132. The van der Waals surface area contributed by atoms with Crippen LogP contribution in [0.2, 0.25) is 0 Å². The fraction of sp³-hybridized carbons (Fsp3) is 0.571. The highest BCUT2D eigenvalue weighted by Gasteiger charge is 2.25. The van der Waals surface area contributed by atoms with E-state index in [-0.39, 0.29) is 35.2 Å². The summed E-state index contributed by atoms with van der Waals surface area (Å²) in [6.45, 7) is 5.33. The van der Waals surface area contributed by atoms with E-state index in [0.717, 1.165) is 16.2 Å². The zero-order valence-electron chi connectivity index (χ0n) is 13.7. The van der Waals surface area contributed by atoms with Crippen molar-refractivity contribution in [1.29, 1.82) is 0 Å². The van der Waals surface area contributed by atoms with Gasteiger partial charge in [-0.05, 0) is 19.1 Å². The van der Waals surface area contributed by atoms with Gasteiger partial charge in [-0.15, -0.1) is 11.3 Å². The van der Waals surface area contributed by atoms with E-state index in [9.17, 15) is 18.0 Å². The van der Waals surface area contributed by atoms with Crippen molar-refractivity contribution in [2.45, 2.75) is 30.6 Å². The first-order valence-electron chi connectivity index (χ1n) is 7.62. The SMILES string of the molecule is CC(=O)NCc1ccc(S(=O)(=O)NCC(=O)N2CCNC[C@@H]2C)s1. The average molecular weight is 374 g/mol. The molecule has 1 aliphatic heterocycles. The highest BCUT2D eigenvalue weighted by Crippen LogP contribution is 2.21. The minimum absolute atomic E-state index is 0.0433. The van der Waals surface area contributed by atoms with E-state index < -0.39 is 10.0 Å². The molecular formula is C14H22N4O4S2. The number of sulfonamides is 1. The highest BCUT2D eigenvalue weighted by atomic mass is 32.2. The fourth-order valence-corrected chi connectivity index (χ4v) is 4.66. The summed E-state index contributed by atoms with van der Waals surface area (Å²) in [6, 6.07) is 3.17. The molecule has 3 N–H and O–H groups in total. The van der Waals surface area contributed by atoms with Crippen molar-refractivity contribution < 1.29 is 18.0 Å². The van der Waals surface area contributed by atoms with Crippen LogP contribution in [0.4, 0.5) is 0 Å². The third-order valence-corrected chi connectivity index (χ3v) is 6.63. The van der Waals surface area contributed by atoms with E-state index in [0.29, 0.717) is 19.6 Å². The minimum Gasteiger partial charge on any atom is -0.351 e. The van der Waals surface area contributed by atoms with Crippen LogP contribution in [0, 0.1) is 0 Å². The van der Waals surface area contributed by atoms with Crippen LogP contribution in [0.15, 0.2) is 16.3 Å². The standard InChI is InChI=1S/C14H22N4O4S2/c1-10-7-15-5-6-18(10)13(20)9-17-24(21,22)14-4-3-12(23-14)8-16-11(2)19/h3-4,10,15,17H,5-9H2,1-2H3,(H,16,19)/t10-/m0/s1. The molecule has 0 radical (unpaired) electrons. The summed E-state index contributed by atoms with van der Waals surface area (Å²) >= 11 is 1.07. The summed E-state index contributed by atoms with van der Waals surface area (Å²) in [5, 5.41) is 5.79. The lowest BCUT2D eigenvalue weighted by Gasteiger charge is -2.34. The molecule has 0 bridgehead atoms. The molecule has 0 unspecified atom stereocenters. The number of hydrogen-bond acceptors (Lipinski definition) is 6. The Bertz CT molecular complexity index is 701. The van der Waals surface area contributed by atoms with Crippen LogP contribution < -0.4 is 15.4 Å². The van der Waals surface area contributed by atoms with Crippen LogP contribution in [-0.4, -0.2) is 57.4 Å². The number of nitrogens with one attached hydrogen (secondary N) is 3. The van der Waals surface area contributed by atoms with E-state index in [2.05, 4.69) is 15.4 Å². The summed E-state index contributed by atoms with van der Waals surface area (Å²) in [5.41, 5.74) is 0. The topological polar surface area (TPSA) is 108 Å². The Labute approximate surface area is 145 Å². The summed E-state index contributed by atoms with van der Waals surface area (Å²) in [6.07, 6.45) is 0. The summed E-state index contributed by atoms with van der Waals surface area (Å²) in [7, 11) is -3.74. The Balaban J connectivity index is 1.93. The van der Waals surface area contributed by atoms with Crippen LogP contribution in [-0.2, 0) is 26.2 Å². The molecule has 2 rings (SSSR count). The highest BCUT2D eigenvalue weighted by molar-refractivity contribution is 7.91. The normalized spacial score (nSPS) is 18.4. The first-order chi connectivity index (χ1) is 11.3. The van der Waals surface area contributed by atoms with E-state index >= 15 is 0 Å². The predicted octanol–water partition coefficient (Wildman–Crippen LogP) is -0.517. The van der Waals surface area contributed by atoms with Crippen LogP contribution in [0.5, 0.6) is 0 Å². The third-order valence-electron chi connectivity index (χ3n) is 3.65. The van der Waals surface area contributed by atoms with Gasteiger partial charge < -0.3 is 15.5 Å². The van der Waals surface area contributed by atoms with E-state index in [1.54, 1.807) is 11.0 Å². The average Bonchev–Trinajstić information content (AvgIpc) is 3.01. The van der Waals surface area contributed by atoms with Gasteiger partial charge in [-0.25, -0.2) is 13.1 Å². The molecule has 0 spiro atoms. The van der Waals surface area contributed by atoms with Gasteiger partial charge in [0.1, 0.15) is 4.21 Å². The lowest BCUT2D eigenvalue weighted by atomic mass is 10.2. The van der Waals surface area contributed by atoms with Crippen LogP contribution in [0.3, 0.4) is 0 Å². The molecule has 1 atom stereocenters. The molecule has 2 heterocycles. The van der Waals surface area contributed by atoms with Gasteiger partial charge in [0, 0.05) is 37.5 Å². The van der Waals surface area contributed by atoms with Crippen molar-refractivity contribution in [1.82, 2.24) is 20.3 Å². The summed E-state index contributed by atoms with van der Waals surface area (Å²) in [4.78, 5) is 25.5. The predicted molar refractivity (Wildman–Crippen MR) is 91.1 cm³/mol. The van der Waals surface area contributed by atoms with Crippen LogP contribution >= 0.6 is 11.3 Å². The van der Waals surface area contributed by atoms with Gasteiger partial charge in [0.05, 0.1) is 13.1 Å². The molecule has 0 aromatic carbocycles. The van der Waals surface area contributed by atoms with Gasteiger partial charge in [-0.1, -0.05) is 0 Å². The molecule has 0 aliphatic carbocycles. The smallest absolute Gasteiger partial charge is 0.250 e. The summed E-state index contributed by atoms with van der Waals surface area (Å²) in [5.74, 6) is -0.413. The number of carbonyl (C=O) groups excluding carboxylic acids is 2. The van der Waals surface area contributed by atoms with Crippen molar-refractivity contribution in [3.63, 3.8) is 0 Å². The van der Waals surface area contributed by atoms with Crippen molar-refractivity contribution in [2.75, 3.05) is 26.2 Å². The number of amides is 2. The first kappa shape index (κ1) is 18.8. The first-order valence-corrected chi connectivity index (χ1v) is 9.92. The Hall–Kier alpha value is -1.49. The maximum Gasteiger partial charge on any atom is 0.250 e. The number of nitrogens with zero attached hydrogens (tertiary/aromatic N) is 1.